The summed E-state index contributed by atoms with van der Waals surface area (Å²) in [7, 11) is 0. The molecule has 1 rings (SSSR count). The molecule has 1 aliphatic heterocycles. The molecule has 54 valence electrons. The fourth-order valence-corrected chi connectivity index (χ4v) is 0.662. The second kappa shape index (κ2) is 1.85. The van der Waals surface area contributed by atoms with Crippen LogP contribution >= 0.6 is 0 Å². The SMILES string of the molecule is ON1CC(C(F)(F)F)C1. The molecule has 1 N–H and O–H groups in total. The molecule has 0 aromatic heterocycles. The lowest BCUT2D eigenvalue weighted by Gasteiger charge is -2.34. The van der Waals surface area contributed by atoms with Crippen LogP contribution in [0.25, 0.3) is 0 Å². The van der Waals surface area contributed by atoms with Crippen molar-refractivity contribution in [2.75, 3.05) is 13.1 Å². The summed E-state index contributed by atoms with van der Waals surface area (Å²) >= 11 is 0. The quantitative estimate of drug-likeness (QED) is 0.541. The van der Waals surface area contributed by atoms with Crippen LogP contribution in [0.3, 0.4) is 0 Å². The molecule has 0 aliphatic carbocycles. The monoisotopic (exact) mass is 141 g/mol. The van der Waals surface area contributed by atoms with Crippen molar-refractivity contribution in [3.05, 3.63) is 0 Å². The molecule has 1 heterocycles. The van der Waals surface area contributed by atoms with Crippen LogP contribution in [0.2, 0.25) is 0 Å². The number of rotatable bonds is 0. The Balaban J connectivity index is 2.32. The molecule has 1 aliphatic rings. The highest BCUT2D eigenvalue weighted by molar-refractivity contribution is 4.79. The van der Waals surface area contributed by atoms with Crippen LogP contribution in [0.5, 0.6) is 0 Å². The van der Waals surface area contributed by atoms with Gasteiger partial charge in [-0.25, -0.2) is 0 Å². The smallest absolute Gasteiger partial charge is 0.314 e. The van der Waals surface area contributed by atoms with Crippen LogP contribution in [0.1, 0.15) is 0 Å². The normalized spacial score (nSPS) is 24.0. The first-order valence-electron chi connectivity index (χ1n) is 2.50. The van der Waals surface area contributed by atoms with E-state index in [1.165, 1.54) is 0 Å². The zero-order valence-corrected chi connectivity index (χ0v) is 4.52. The molecule has 1 fully saturated rings. The predicted molar refractivity (Wildman–Crippen MR) is 22.9 cm³/mol. The number of nitrogens with zero attached hydrogens (tertiary/aromatic N) is 1. The molecule has 9 heavy (non-hydrogen) atoms. The lowest BCUT2D eigenvalue weighted by molar-refractivity contribution is -0.268. The number of hydroxylamine groups is 2. The summed E-state index contributed by atoms with van der Waals surface area (Å²) in [6.07, 6.45) is -4.13. The van der Waals surface area contributed by atoms with Gasteiger partial charge in [0.15, 0.2) is 0 Å². The Morgan fingerprint density at radius 3 is 1.89 bits per heavy atom. The van der Waals surface area contributed by atoms with E-state index in [2.05, 4.69) is 0 Å². The van der Waals surface area contributed by atoms with Crippen molar-refractivity contribution in [3.8, 4) is 0 Å². The van der Waals surface area contributed by atoms with E-state index in [-0.39, 0.29) is 13.1 Å². The fourth-order valence-electron chi connectivity index (χ4n) is 0.662. The Labute approximate surface area is 49.8 Å². The largest absolute Gasteiger partial charge is 0.394 e. The molecule has 0 amide bonds. The molecule has 0 radical (unpaired) electrons. The maximum atomic E-state index is 11.5. The summed E-state index contributed by atoms with van der Waals surface area (Å²) in [5.41, 5.74) is 0. The summed E-state index contributed by atoms with van der Waals surface area (Å²) < 4.78 is 34.6. The van der Waals surface area contributed by atoms with Gasteiger partial charge in [-0.3, -0.25) is 0 Å². The van der Waals surface area contributed by atoms with Gasteiger partial charge in [-0.15, -0.1) is 0 Å². The maximum absolute atomic E-state index is 11.5. The summed E-state index contributed by atoms with van der Waals surface area (Å²) in [6.45, 7) is -0.549. The van der Waals surface area contributed by atoms with E-state index in [4.69, 9.17) is 5.21 Å². The average molecular weight is 141 g/mol. The fraction of sp³-hybridized carbons (Fsp3) is 1.00. The minimum atomic E-state index is -4.13. The summed E-state index contributed by atoms with van der Waals surface area (Å²) in [5, 5.41) is 8.97. The van der Waals surface area contributed by atoms with Gasteiger partial charge in [-0.05, 0) is 0 Å². The molecular formula is C4H6F3NO. The molecule has 0 spiro atoms. The molecule has 0 atom stereocenters. The first kappa shape index (κ1) is 6.82. The van der Waals surface area contributed by atoms with Gasteiger partial charge in [0, 0.05) is 13.1 Å². The Morgan fingerprint density at radius 2 is 1.78 bits per heavy atom. The molecule has 5 heteroatoms. The van der Waals surface area contributed by atoms with Gasteiger partial charge in [0.25, 0.3) is 0 Å². The number of hydrogen-bond donors (Lipinski definition) is 1. The van der Waals surface area contributed by atoms with Gasteiger partial charge in [0.2, 0.25) is 0 Å². The third-order valence-corrected chi connectivity index (χ3v) is 1.33. The van der Waals surface area contributed by atoms with E-state index in [1.54, 1.807) is 0 Å². The molecule has 0 aromatic rings. The van der Waals surface area contributed by atoms with Gasteiger partial charge in [0.1, 0.15) is 0 Å². The molecule has 0 bridgehead atoms. The van der Waals surface area contributed by atoms with E-state index in [1.807, 2.05) is 0 Å². The summed E-state index contributed by atoms with van der Waals surface area (Å²) in [4.78, 5) is 0. The predicted octanol–water partition coefficient (Wildman–Crippen LogP) is 0.870. The van der Waals surface area contributed by atoms with Crippen LogP contribution in [-0.2, 0) is 0 Å². The Bertz CT molecular complexity index is 107. The molecule has 1 saturated heterocycles. The number of halogens is 3. The first-order chi connectivity index (χ1) is 4.00. The Kier molecular flexibility index (Phi) is 1.40. The van der Waals surface area contributed by atoms with Crippen LogP contribution in [0.4, 0.5) is 13.2 Å². The minimum absolute atomic E-state index is 0.274. The van der Waals surface area contributed by atoms with Crippen molar-refractivity contribution < 1.29 is 18.4 Å². The van der Waals surface area contributed by atoms with E-state index >= 15 is 0 Å². The third-order valence-electron chi connectivity index (χ3n) is 1.33. The first-order valence-corrected chi connectivity index (χ1v) is 2.50. The molecule has 0 unspecified atom stereocenters. The van der Waals surface area contributed by atoms with Crippen molar-refractivity contribution in [1.29, 1.82) is 0 Å². The molecule has 0 saturated carbocycles. The van der Waals surface area contributed by atoms with Crippen molar-refractivity contribution in [2.45, 2.75) is 6.18 Å². The second-order valence-electron chi connectivity index (χ2n) is 2.11. The maximum Gasteiger partial charge on any atom is 0.394 e. The van der Waals surface area contributed by atoms with Gasteiger partial charge >= 0.3 is 6.18 Å². The van der Waals surface area contributed by atoms with Crippen LogP contribution in [0.15, 0.2) is 0 Å². The minimum Gasteiger partial charge on any atom is -0.314 e. The third kappa shape index (κ3) is 1.34. The van der Waals surface area contributed by atoms with Crippen molar-refractivity contribution >= 4 is 0 Å². The zero-order chi connectivity index (χ0) is 7.07. The van der Waals surface area contributed by atoms with Crippen LogP contribution < -0.4 is 0 Å². The van der Waals surface area contributed by atoms with Gasteiger partial charge in [-0.1, -0.05) is 0 Å². The lowest BCUT2D eigenvalue weighted by Crippen LogP contribution is -2.51. The molecule has 2 nitrogen and oxygen atoms in total. The molecular weight excluding hydrogens is 135 g/mol. The topological polar surface area (TPSA) is 23.5 Å². The Morgan fingerprint density at radius 1 is 1.33 bits per heavy atom. The van der Waals surface area contributed by atoms with Crippen molar-refractivity contribution in [1.82, 2.24) is 5.06 Å². The van der Waals surface area contributed by atoms with Crippen LogP contribution in [-0.4, -0.2) is 29.5 Å². The summed E-state index contributed by atoms with van der Waals surface area (Å²) in [5.74, 6) is -1.32. The number of alkyl halides is 3. The second-order valence-corrected chi connectivity index (χ2v) is 2.11. The summed E-state index contributed by atoms with van der Waals surface area (Å²) in [6, 6.07) is 0. The number of hydrogen-bond acceptors (Lipinski definition) is 2. The van der Waals surface area contributed by atoms with Gasteiger partial charge < -0.3 is 5.21 Å². The van der Waals surface area contributed by atoms with Crippen molar-refractivity contribution in [3.63, 3.8) is 0 Å². The van der Waals surface area contributed by atoms with Gasteiger partial charge in [-0.2, -0.15) is 18.2 Å². The van der Waals surface area contributed by atoms with E-state index in [0.717, 1.165) is 0 Å². The average Bonchev–Trinajstić information content (AvgIpc) is 1.55. The zero-order valence-electron chi connectivity index (χ0n) is 4.52. The standard InChI is InChI=1S/C4H6F3NO/c5-4(6,7)3-1-8(9)2-3/h3,9H,1-2H2. The highest BCUT2D eigenvalue weighted by atomic mass is 19.4. The van der Waals surface area contributed by atoms with E-state index < -0.39 is 12.1 Å². The lowest BCUT2D eigenvalue weighted by atomic mass is 10.0. The van der Waals surface area contributed by atoms with E-state index in [0.29, 0.717) is 5.06 Å². The van der Waals surface area contributed by atoms with Gasteiger partial charge in [0.05, 0.1) is 5.92 Å². The van der Waals surface area contributed by atoms with Crippen LogP contribution in [0, 0.1) is 5.92 Å². The van der Waals surface area contributed by atoms with E-state index in [9.17, 15) is 13.2 Å². The highest BCUT2D eigenvalue weighted by Crippen LogP contribution is 2.31. The van der Waals surface area contributed by atoms with Crippen molar-refractivity contribution in [2.24, 2.45) is 5.92 Å². The highest BCUT2D eigenvalue weighted by Gasteiger charge is 2.46. The Hall–Kier alpha value is -0.290. The molecule has 0 aromatic carbocycles.